The van der Waals surface area contributed by atoms with Gasteiger partial charge in [-0.15, -0.1) is 0 Å². The molecule has 114 valence electrons. The molecule has 1 aliphatic heterocycles. The summed E-state index contributed by atoms with van der Waals surface area (Å²) in [5.74, 6) is 1.89. The Labute approximate surface area is 124 Å². The van der Waals surface area contributed by atoms with Crippen molar-refractivity contribution in [3.63, 3.8) is 0 Å². The van der Waals surface area contributed by atoms with E-state index in [2.05, 4.69) is 12.2 Å². The molecule has 0 saturated heterocycles. The zero-order chi connectivity index (χ0) is 14.8. The fourth-order valence-electron chi connectivity index (χ4n) is 3.13. The Kier molecular flexibility index (Phi) is 3.90. The largest absolute Gasteiger partial charge is 0.454 e. The topological polar surface area (TPSA) is 73.6 Å². The zero-order valence-electron chi connectivity index (χ0n) is 12.4. The Morgan fingerprint density at radius 2 is 1.90 bits per heavy atom. The van der Waals surface area contributed by atoms with Crippen LogP contribution in [0.1, 0.15) is 49.4 Å². The van der Waals surface area contributed by atoms with Gasteiger partial charge in [0, 0.05) is 17.8 Å². The molecule has 1 amide bonds. The molecular formula is C16H22N2O3. The average Bonchev–Trinajstić information content (AvgIpc) is 2.94. The number of hydrogen-bond acceptors (Lipinski definition) is 4. The van der Waals surface area contributed by atoms with Gasteiger partial charge in [-0.3, -0.25) is 4.79 Å². The summed E-state index contributed by atoms with van der Waals surface area (Å²) in [6, 6.07) is 3.58. The monoisotopic (exact) mass is 290 g/mol. The summed E-state index contributed by atoms with van der Waals surface area (Å²) in [5.41, 5.74) is 6.85. The van der Waals surface area contributed by atoms with Crippen molar-refractivity contribution >= 4 is 11.6 Å². The molecule has 5 nitrogen and oxygen atoms in total. The Balaban J connectivity index is 1.66. The molecule has 0 radical (unpaired) electrons. The molecule has 1 heterocycles. The summed E-state index contributed by atoms with van der Waals surface area (Å²) in [6.45, 7) is 2.41. The van der Waals surface area contributed by atoms with Crippen LogP contribution >= 0.6 is 0 Å². The van der Waals surface area contributed by atoms with E-state index in [1.807, 2.05) is 0 Å². The zero-order valence-corrected chi connectivity index (χ0v) is 12.4. The highest BCUT2D eigenvalue weighted by Gasteiger charge is 2.24. The van der Waals surface area contributed by atoms with Crippen molar-refractivity contribution in [1.29, 1.82) is 0 Å². The lowest BCUT2D eigenvalue weighted by Gasteiger charge is -2.28. The molecule has 5 heteroatoms. The number of amides is 1. The second-order valence-electron chi connectivity index (χ2n) is 5.89. The first-order valence-corrected chi connectivity index (χ1v) is 7.67. The summed E-state index contributed by atoms with van der Waals surface area (Å²) < 4.78 is 10.6. The maximum Gasteiger partial charge on any atom is 0.253 e. The summed E-state index contributed by atoms with van der Waals surface area (Å²) in [4.78, 5) is 12.4. The van der Waals surface area contributed by atoms with Crippen LogP contribution in [0, 0.1) is 5.92 Å². The number of ether oxygens (including phenoxy) is 2. The molecular weight excluding hydrogens is 268 g/mol. The Bertz CT molecular complexity index is 537. The standard InChI is InChI=1S/C16H22N2O3/c1-2-10-3-5-11(6-4-10)18-16(19)12-7-14-15(8-13(12)17)21-9-20-14/h7-8,10-11H,2-6,9,17H2,1H3,(H,18,19). The highest BCUT2D eigenvalue weighted by molar-refractivity contribution is 6.00. The summed E-state index contributed by atoms with van der Waals surface area (Å²) >= 11 is 0. The predicted octanol–water partition coefficient (Wildman–Crippen LogP) is 2.70. The van der Waals surface area contributed by atoms with Gasteiger partial charge in [-0.2, -0.15) is 0 Å². The van der Waals surface area contributed by atoms with Gasteiger partial charge in [0.15, 0.2) is 11.5 Å². The van der Waals surface area contributed by atoms with Crippen molar-refractivity contribution in [3.05, 3.63) is 17.7 Å². The van der Waals surface area contributed by atoms with Crippen LogP contribution in [0.25, 0.3) is 0 Å². The lowest BCUT2D eigenvalue weighted by molar-refractivity contribution is 0.0922. The highest BCUT2D eigenvalue weighted by atomic mass is 16.7. The van der Waals surface area contributed by atoms with Gasteiger partial charge in [-0.25, -0.2) is 0 Å². The number of benzene rings is 1. The van der Waals surface area contributed by atoms with Gasteiger partial charge in [0.2, 0.25) is 6.79 Å². The maximum absolute atomic E-state index is 12.4. The fraction of sp³-hybridized carbons (Fsp3) is 0.562. The maximum atomic E-state index is 12.4. The van der Waals surface area contributed by atoms with Gasteiger partial charge in [0.1, 0.15) is 0 Å². The van der Waals surface area contributed by atoms with E-state index in [1.165, 1.54) is 19.3 Å². The Morgan fingerprint density at radius 3 is 2.57 bits per heavy atom. The van der Waals surface area contributed by atoms with Crippen molar-refractivity contribution in [3.8, 4) is 11.5 Å². The minimum absolute atomic E-state index is 0.120. The van der Waals surface area contributed by atoms with Gasteiger partial charge in [0.05, 0.1) is 5.56 Å². The minimum atomic E-state index is -0.120. The van der Waals surface area contributed by atoms with Crippen LogP contribution in [0.15, 0.2) is 12.1 Å². The van der Waals surface area contributed by atoms with Crippen LogP contribution in [-0.2, 0) is 0 Å². The van der Waals surface area contributed by atoms with Crippen molar-refractivity contribution in [2.24, 2.45) is 5.92 Å². The molecule has 0 aromatic heterocycles. The average molecular weight is 290 g/mol. The molecule has 1 fully saturated rings. The molecule has 1 aromatic carbocycles. The smallest absolute Gasteiger partial charge is 0.253 e. The first kappa shape index (κ1) is 14.0. The first-order chi connectivity index (χ1) is 10.2. The second kappa shape index (κ2) is 5.84. The molecule has 3 rings (SSSR count). The normalized spacial score (nSPS) is 23.9. The van der Waals surface area contributed by atoms with E-state index < -0.39 is 0 Å². The molecule has 21 heavy (non-hydrogen) atoms. The van der Waals surface area contributed by atoms with Gasteiger partial charge >= 0.3 is 0 Å². The molecule has 0 unspecified atom stereocenters. The predicted molar refractivity (Wildman–Crippen MR) is 80.5 cm³/mol. The summed E-state index contributed by atoms with van der Waals surface area (Å²) in [5, 5.41) is 3.10. The van der Waals surface area contributed by atoms with Crippen LogP contribution in [-0.4, -0.2) is 18.7 Å². The minimum Gasteiger partial charge on any atom is -0.454 e. The van der Waals surface area contributed by atoms with E-state index >= 15 is 0 Å². The van der Waals surface area contributed by atoms with E-state index in [0.29, 0.717) is 22.7 Å². The molecule has 1 aromatic rings. The fourth-order valence-corrected chi connectivity index (χ4v) is 3.13. The quantitative estimate of drug-likeness (QED) is 0.839. The number of nitrogens with two attached hydrogens (primary N) is 1. The lowest BCUT2D eigenvalue weighted by atomic mass is 9.84. The number of fused-ring (bicyclic) bond motifs is 1. The Hall–Kier alpha value is -1.91. The lowest BCUT2D eigenvalue weighted by Crippen LogP contribution is -2.37. The van der Waals surface area contributed by atoms with Crippen molar-refractivity contribution in [2.45, 2.75) is 45.1 Å². The van der Waals surface area contributed by atoms with E-state index in [9.17, 15) is 4.79 Å². The van der Waals surface area contributed by atoms with Crippen molar-refractivity contribution in [2.75, 3.05) is 12.5 Å². The third kappa shape index (κ3) is 2.91. The SMILES string of the molecule is CCC1CCC(NC(=O)c2cc3c(cc2N)OCO3)CC1. The third-order valence-electron chi connectivity index (χ3n) is 4.55. The Morgan fingerprint density at radius 1 is 1.24 bits per heavy atom. The number of carbonyl (C=O) groups excluding carboxylic acids is 1. The summed E-state index contributed by atoms with van der Waals surface area (Å²) in [6.07, 6.45) is 5.72. The molecule has 2 aliphatic rings. The number of nitrogens with one attached hydrogen (secondary N) is 1. The van der Waals surface area contributed by atoms with Crippen LogP contribution in [0.5, 0.6) is 11.5 Å². The number of rotatable bonds is 3. The van der Waals surface area contributed by atoms with E-state index in [-0.39, 0.29) is 18.7 Å². The van der Waals surface area contributed by atoms with Gasteiger partial charge in [-0.1, -0.05) is 13.3 Å². The molecule has 1 aliphatic carbocycles. The number of hydrogen-bond donors (Lipinski definition) is 2. The van der Waals surface area contributed by atoms with E-state index in [1.54, 1.807) is 12.1 Å². The molecule has 1 saturated carbocycles. The molecule has 3 N–H and O–H groups in total. The highest BCUT2D eigenvalue weighted by Crippen LogP contribution is 2.36. The summed E-state index contributed by atoms with van der Waals surface area (Å²) in [7, 11) is 0. The number of anilines is 1. The number of carbonyl (C=O) groups is 1. The van der Waals surface area contributed by atoms with Crippen molar-refractivity contribution in [1.82, 2.24) is 5.32 Å². The third-order valence-corrected chi connectivity index (χ3v) is 4.55. The van der Waals surface area contributed by atoms with Crippen LogP contribution < -0.4 is 20.5 Å². The molecule has 0 atom stereocenters. The molecule has 0 spiro atoms. The van der Waals surface area contributed by atoms with Gasteiger partial charge in [-0.05, 0) is 37.7 Å². The van der Waals surface area contributed by atoms with E-state index in [0.717, 1.165) is 18.8 Å². The number of nitrogen functional groups attached to an aromatic ring is 1. The van der Waals surface area contributed by atoms with Crippen molar-refractivity contribution < 1.29 is 14.3 Å². The van der Waals surface area contributed by atoms with Crippen LogP contribution in [0.3, 0.4) is 0 Å². The van der Waals surface area contributed by atoms with Crippen LogP contribution in [0.4, 0.5) is 5.69 Å². The van der Waals surface area contributed by atoms with Crippen LogP contribution in [0.2, 0.25) is 0 Å². The first-order valence-electron chi connectivity index (χ1n) is 7.67. The molecule has 0 bridgehead atoms. The second-order valence-corrected chi connectivity index (χ2v) is 5.89. The van der Waals surface area contributed by atoms with E-state index in [4.69, 9.17) is 15.2 Å². The van der Waals surface area contributed by atoms with Gasteiger partial charge in [0.25, 0.3) is 5.91 Å². The van der Waals surface area contributed by atoms with Gasteiger partial charge < -0.3 is 20.5 Å².